The van der Waals surface area contributed by atoms with Gasteiger partial charge < -0.3 is 14.4 Å². The Balaban J connectivity index is 1.55. The maximum atomic E-state index is 6.69. The van der Waals surface area contributed by atoms with Crippen LogP contribution in [0.2, 0.25) is 0 Å². The molecule has 7 heteroatoms. The van der Waals surface area contributed by atoms with Crippen molar-refractivity contribution < 1.29 is 9.47 Å². The Hall–Kier alpha value is -3.38. The van der Waals surface area contributed by atoms with Crippen molar-refractivity contribution in [1.82, 2.24) is 15.0 Å². The van der Waals surface area contributed by atoms with Gasteiger partial charge in [-0.05, 0) is 49.2 Å². The number of pyridine rings is 1. The molecular formula is C27H29ClN4O2. The van der Waals surface area contributed by atoms with Crippen LogP contribution in [0.15, 0.2) is 71.4 Å². The number of methoxy groups -OCH3 is 1. The minimum atomic E-state index is 0.247. The molecule has 0 atom stereocenters. The molecule has 176 valence electrons. The van der Waals surface area contributed by atoms with Crippen LogP contribution < -0.4 is 9.64 Å². The summed E-state index contributed by atoms with van der Waals surface area (Å²) < 4.78 is 11.3. The first-order valence-corrected chi connectivity index (χ1v) is 11.6. The van der Waals surface area contributed by atoms with E-state index in [1.54, 1.807) is 13.3 Å². The molecule has 1 aliphatic heterocycles. The number of aromatic nitrogens is 3. The molecule has 1 aliphatic rings. The summed E-state index contributed by atoms with van der Waals surface area (Å²) in [7, 11) is 1.65. The number of ether oxygens (including phenoxy) is 2. The molecule has 0 amide bonds. The molecule has 0 radical (unpaired) electrons. The summed E-state index contributed by atoms with van der Waals surface area (Å²) in [4.78, 5) is 15.9. The van der Waals surface area contributed by atoms with Crippen molar-refractivity contribution >= 4 is 17.3 Å². The highest BCUT2D eigenvalue weighted by molar-refractivity contribution is 6.30. The zero-order valence-corrected chi connectivity index (χ0v) is 20.9. The molecule has 0 aliphatic carbocycles. The maximum Gasteiger partial charge on any atom is 0.137 e. The molecule has 0 saturated heterocycles. The largest absolute Gasteiger partial charge is 0.497 e. The molecule has 3 heterocycles. The SMILES string of the molecule is COc1cccc(COC2=C(Cl)CN(c3cc(-c4ccnc(C(C)C)n4)ncc3C)C(C)=C2)c1. The predicted octanol–water partition coefficient (Wildman–Crippen LogP) is 6.37. The average Bonchev–Trinajstić information content (AvgIpc) is 2.85. The van der Waals surface area contributed by atoms with Gasteiger partial charge in [-0.1, -0.05) is 37.6 Å². The first kappa shape index (κ1) is 23.8. The van der Waals surface area contributed by atoms with Gasteiger partial charge in [0.05, 0.1) is 30.1 Å². The number of anilines is 1. The van der Waals surface area contributed by atoms with E-state index in [1.807, 2.05) is 49.5 Å². The van der Waals surface area contributed by atoms with Crippen LogP contribution in [-0.4, -0.2) is 28.6 Å². The van der Waals surface area contributed by atoms with Gasteiger partial charge in [-0.15, -0.1) is 0 Å². The quantitative estimate of drug-likeness (QED) is 0.395. The number of aryl methyl sites for hydroxylation is 1. The van der Waals surface area contributed by atoms with Gasteiger partial charge in [0, 0.05) is 35.8 Å². The summed E-state index contributed by atoms with van der Waals surface area (Å²) in [6.07, 6.45) is 5.64. The second-order valence-corrected chi connectivity index (χ2v) is 9.05. The molecule has 6 nitrogen and oxygen atoms in total. The molecule has 3 aromatic rings. The van der Waals surface area contributed by atoms with E-state index in [-0.39, 0.29) is 5.92 Å². The lowest BCUT2D eigenvalue weighted by Crippen LogP contribution is -2.27. The summed E-state index contributed by atoms with van der Waals surface area (Å²) in [5.74, 6) is 2.54. The molecule has 2 aromatic heterocycles. The van der Waals surface area contributed by atoms with Crippen molar-refractivity contribution in [1.29, 1.82) is 0 Å². The van der Waals surface area contributed by atoms with Crippen LogP contribution in [-0.2, 0) is 11.3 Å². The van der Waals surface area contributed by atoms with E-state index < -0.39 is 0 Å². The van der Waals surface area contributed by atoms with Gasteiger partial charge in [0.1, 0.15) is 23.9 Å². The van der Waals surface area contributed by atoms with Crippen molar-refractivity contribution in [3.8, 4) is 17.1 Å². The maximum absolute atomic E-state index is 6.69. The normalized spacial score (nSPS) is 13.9. The molecule has 34 heavy (non-hydrogen) atoms. The highest BCUT2D eigenvalue weighted by atomic mass is 35.5. The average molecular weight is 477 g/mol. The predicted molar refractivity (Wildman–Crippen MR) is 136 cm³/mol. The van der Waals surface area contributed by atoms with Gasteiger partial charge in [0.15, 0.2) is 0 Å². The third-order valence-corrected chi connectivity index (χ3v) is 5.98. The molecule has 0 N–H and O–H groups in total. The minimum absolute atomic E-state index is 0.247. The van der Waals surface area contributed by atoms with Gasteiger partial charge in [-0.25, -0.2) is 9.97 Å². The van der Waals surface area contributed by atoms with E-state index in [0.717, 1.165) is 45.5 Å². The van der Waals surface area contributed by atoms with Crippen molar-refractivity contribution in [3.63, 3.8) is 0 Å². The van der Waals surface area contributed by atoms with Crippen LogP contribution in [0.4, 0.5) is 5.69 Å². The van der Waals surface area contributed by atoms with Crippen molar-refractivity contribution in [2.75, 3.05) is 18.6 Å². The molecule has 0 bridgehead atoms. The number of hydrogen-bond donors (Lipinski definition) is 0. The van der Waals surface area contributed by atoms with Gasteiger partial charge in [-0.2, -0.15) is 0 Å². The Morgan fingerprint density at radius 1 is 1.09 bits per heavy atom. The minimum Gasteiger partial charge on any atom is -0.497 e. The molecule has 0 unspecified atom stereocenters. The zero-order chi connectivity index (χ0) is 24.2. The smallest absolute Gasteiger partial charge is 0.137 e. The van der Waals surface area contributed by atoms with Crippen molar-refractivity contribution in [2.24, 2.45) is 0 Å². The van der Waals surface area contributed by atoms with E-state index in [2.05, 4.69) is 41.7 Å². The first-order valence-electron chi connectivity index (χ1n) is 11.3. The second-order valence-electron chi connectivity index (χ2n) is 8.59. The summed E-state index contributed by atoms with van der Waals surface area (Å²) >= 11 is 6.69. The van der Waals surface area contributed by atoms with Gasteiger partial charge in [0.2, 0.25) is 0 Å². The Bertz CT molecular complexity index is 1250. The fourth-order valence-corrected chi connectivity index (χ4v) is 3.97. The van der Waals surface area contributed by atoms with Gasteiger partial charge in [-0.3, -0.25) is 4.98 Å². The van der Waals surface area contributed by atoms with E-state index in [9.17, 15) is 0 Å². The van der Waals surface area contributed by atoms with E-state index in [4.69, 9.17) is 26.1 Å². The number of allylic oxidation sites excluding steroid dienone is 2. The third-order valence-electron chi connectivity index (χ3n) is 5.68. The standard InChI is InChI=1S/C27H29ClN4O2/c1-17(2)27-29-10-9-23(31-27)24-13-25(18(3)14-30-24)32-15-22(28)26(11-19(32)4)34-16-20-7-6-8-21(12-20)33-5/h6-14,17H,15-16H2,1-5H3. The van der Waals surface area contributed by atoms with Crippen LogP contribution in [0, 0.1) is 6.92 Å². The molecular weight excluding hydrogens is 448 g/mol. The lowest BCUT2D eigenvalue weighted by molar-refractivity contribution is 0.207. The lowest BCUT2D eigenvalue weighted by Gasteiger charge is -2.31. The first-order chi connectivity index (χ1) is 16.4. The number of rotatable bonds is 7. The summed E-state index contributed by atoms with van der Waals surface area (Å²) in [5, 5.41) is 0.649. The Morgan fingerprint density at radius 2 is 1.91 bits per heavy atom. The summed E-state index contributed by atoms with van der Waals surface area (Å²) in [5.41, 5.74) is 5.76. The van der Waals surface area contributed by atoms with Gasteiger partial charge in [0.25, 0.3) is 0 Å². The van der Waals surface area contributed by atoms with Crippen LogP contribution in [0.5, 0.6) is 5.75 Å². The highest BCUT2D eigenvalue weighted by Crippen LogP contribution is 2.33. The number of nitrogens with zero attached hydrogens (tertiary/aromatic N) is 4. The topological polar surface area (TPSA) is 60.4 Å². The van der Waals surface area contributed by atoms with Gasteiger partial charge >= 0.3 is 0 Å². The monoisotopic (exact) mass is 476 g/mol. The van der Waals surface area contributed by atoms with Crippen molar-refractivity contribution in [2.45, 2.75) is 40.2 Å². The molecule has 0 fully saturated rings. The van der Waals surface area contributed by atoms with Crippen LogP contribution in [0.1, 0.15) is 43.6 Å². The number of halogens is 1. The second kappa shape index (κ2) is 10.3. The van der Waals surface area contributed by atoms with E-state index >= 15 is 0 Å². The molecule has 0 spiro atoms. The fourth-order valence-electron chi connectivity index (χ4n) is 3.74. The Labute approximate surface area is 205 Å². The summed E-state index contributed by atoms with van der Waals surface area (Å²) in [6, 6.07) is 11.8. The highest BCUT2D eigenvalue weighted by Gasteiger charge is 2.22. The molecule has 4 rings (SSSR count). The Kier molecular flexibility index (Phi) is 7.17. The third kappa shape index (κ3) is 5.23. The van der Waals surface area contributed by atoms with Crippen LogP contribution >= 0.6 is 11.6 Å². The number of hydrogen-bond acceptors (Lipinski definition) is 6. The van der Waals surface area contributed by atoms with Crippen molar-refractivity contribution in [3.05, 3.63) is 88.3 Å². The summed E-state index contributed by atoms with van der Waals surface area (Å²) in [6.45, 7) is 9.19. The van der Waals surface area contributed by atoms with Crippen LogP contribution in [0.3, 0.4) is 0 Å². The molecule has 1 aromatic carbocycles. The number of benzene rings is 1. The molecule has 0 saturated carbocycles. The Morgan fingerprint density at radius 3 is 2.68 bits per heavy atom. The lowest BCUT2D eigenvalue weighted by atomic mass is 10.1. The van der Waals surface area contributed by atoms with E-state index in [1.165, 1.54) is 0 Å². The van der Waals surface area contributed by atoms with E-state index in [0.29, 0.717) is 23.9 Å². The fraction of sp³-hybridized carbons (Fsp3) is 0.296. The van der Waals surface area contributed by atoms with Crippen LogP contribution in [0.25, 0.3) is 11.4 Å². The zero-order valence-electron chi connectivity index (χ0n) is 20.2.